The molecular formula is C15H12F3N3O2. The molecule has 0 spiro atoms. The SMILES string of the molecule is O=C(CNC(=O)c1ccc(F)c(F)c1F)NCc1cccnc1. The van der Waals surface area contributed by atoms with E-state index in [2.05, 4.69) is 15.6 Å². The van der Waals surface area contributed by atoms with E-state index in [0.717, 1.165) is 11.6 Å². The molecule has 1 aromatic heterocycles. The van der Waals surface area contributed by atoms with Crippen molar-refractivity contribution in [3.8, 4) is 0 Å². The highest BCUT2D eigenvalue weighted by Crippen LogP contribution is 2.14. The Hall–Kier alpha value is -2.90. The summed E-state index contributed by atoms with van der Waals surface area (Å²) >= 11 is 0. The predicted octanol–water partition coefficient (Wildman–Crippen LogP) is 1.55. The zero-order chi connectivity index (χ0) is 16.8. The van der Waals surface area contributed by atoms with E-state index in [1.54, 1.807) is 24.5 Å². The second kappa shape index (κ2) is 7.39. The van der Waals surface area contributed by atoms with E-state index in [1.807, 2.05) is 0 Å². The summed E-state index contributed by atoms with van der Waals surface area (Å²) in [5, 5.41) is 4.65. The molecule has 1 heterocycles. The first-order valence-electron chi connectivity index (χ1n) is 6.56. The van der Waals surface area contributed by atoms with Gasteiger partial charge in [-0.25, -0.2) is 13.2 Å². The van der Waals surface area contributed by atoms with E-state index in [9.17, 15) is 22.8 Å². The first kappa shape index (κ1) is 16.5. The highest BCUT2D eigenvalue weighted by atomic mass is 19.2. The molecule has 2 N–H and O–H groups in total. The van der Waals surface area contributed by atoms with Gasteiger partial charge >= 0.3 is 0 Å². The van der Waals surface area contributed by atoms with Gasteiger partial charge in [-0.05, 0) is 23.8 Å². The van der Waals surface area contributed by atoms with Crippen LogP contribution in [-0.2, 0) is 11.3 Å². The first-order chi connectivity index (χ1) is 11.0. The number of amides is 2. The average Bonchev–Trinajstić information content (AvgIpc) is 2.57. The van der Waals surface area contributed by atoms with Crippen LogP contribution in [0.15, 0.2) is 36.7 Å². The minimum Gasteiger partial charge on any atom is -0.350 e. The van der Waals surface area contributed by atoms with Crippen molar-refractivity contribution in [2.24, 2.45) is 0 Å². The molecule has 0 unspecified atom stereocenters. The van der Waals surface area contributed by atoms with Crippen LogP contribution in [0.5, 0.6) is 0 Å². The molecule has 5 nitrogen and oxygen atoms in total. The van der Waals surface area contributed by atoms with Crippen LogP contribution in [0.3, 0.4) is 0 Å². The Balaban J connectivity index is 1.87. The Labute approximate surface area is 129 Å². The van der Waals surface area contributed by atoms with Crippen LogP contribution < -0.4 is 10.6 Å². The third kappa shape index (κ3) is 4.29. The van der Waals surface area contributed by atoms with Crippen molar-refractivity contribution in [1.82, 2.24) is 15.6 Å². The monoisotopic (exact) mass is 323 g/mol. The van der Waals surface area contributed by atoms with Gasteiger partial charge in [-0.3, -0.25) is 14.6 Å². The average molecular weight is 323 g/mol. The van der Waals surface area contributed by atoms with E-state index in [1.165, 1.54) is 0 Å². The fourth-order valence-electron chi connectivity index (χ4n) is 1.72. The lowest BCUT2D eigenvalue weighted by atomic mass is 10.2. The molecule has 2 aromatic rings. The van der Waals surface area contributed by atoms with Gasteiger partial charge in [0.15, 0.2) is 17.5 Å². The lowest BCUT2D eigenvalue weighted by Gasteiger charge is -2.08. The van der Waals surface area contributed by atoms with E-state index in [-0.39, 0.29) is 6.54 Å². The molecule has 23 heavy (non-hydrogen) atoms. The Bertz CT molecular complexity index is 723. The summed E-state index contributed by atoms with van der Waals surface area (Å²) in [5.41, 5.74) is 0.0859. The van der Waals surface area contributed by atoms with Crippen molar-refractivity contribution in [3.63, 3.8) is 0 Å². The van der Waals surface area contributed by atoms with Gasteiger partial charge in [0.2, 0.25) is 5.91 Å². The summed E-state index contributed by atoms with van der Waals surface area (Å²) in [6.07, 6.45) is 3.15. The number of hydrogen-bond acceptors (Lipinski definition) is 3. The summed E-state index contributed by atoms with van der Waals surface area (Å²) in [7, 11) is 0. The van der Waals surface area contributed by atoms with Crippen LogP contribution in [0.2, 0.25) is 0 Å². The van der Waals surface area contributed by atoms with Gasteiger partial charge < -0.3 is 10.6 Å². The quantitative estimate of drug-likeness (QED) is 0.820. The summed E-state index contributed by atoms with van der Waals surface area (Å²) in [6.45, 7) is -0.223. The topological polar surface area (TPSA) is 71.1 Å². The molecule has 0 aliphatic carbocycles. The number of nitrogens with zero attached hydrogens (tertiary/aromatic N) is 1. The second-order valence-electron chi connectivity index (χ2n) is 4.54. The van der Waals surface area contributed by atoms with Crippen LogP contribution >= 0.6 is 0 Å². The molecule has 2 amide bonds. The molecule has 0 saturated heterocycles. The van der Waals surface area contributed by atoms with E-state index >= 15 is 0 Å². The standard InChI is InChI=1S/C15H12F3N3O2/c16-11-4-3-10(13(17)14(11)18)15(23)21-8-12(22)20-7-9-2-1-5-19-6-9/h1-6H,7-8H2,(H,20,22)(H,21,23). The smallest absolute Gasteiger partial charge is 0.254 e. The maximum Gasteiger partial charge on any atom is 0.254 e. The zero-order valence-electron chi connectivity index (χ0n) is 11.8. The zero-order valence-corrected chi connectivity index (χ0v) is 11.8. The first-order valence-corrected chi connectivity index (χ1v) is 6.56. The van der Waals surface area contributed by atoms with Crippen molar-refractivity contribution >= 4 is 11.8 Å². The third-order valence-corrected chi connectivity index (χ3v) is 2.90. The van der Waals surface area contributed by atoms with Crippen molar-refractivity contribution in [3.05, 3.63) is 65.2 Å². The molecule has 120 valence electrons. The second-order valence-corrected chi connectivity index (χ2v) is 4.54. The van der Waals surface area contributed by atoms with E-state index in [0.29, 0.717) is 6.07 Å². The molecule has 2 rings (SSSR count). The number of rotatable bonds is 5. The van der Waals surface area contributed by atoms with Crippen molar-refractivity contribution in [1.29, 1.82) is 0 Å². The van der Waals surface area contributed by atoms with Gasteiger partial charge in [-0.15, -0.1) is 0 Å². The van der Waals surface area contributed by atoms with Crippen LogP contribution in [0.25, 0.3) is 0 Å². The molecule has 0 saturated carbocycles. The fourth-order valence-corrected chi connectivity index (χ4v) is 1.72. The van der Waals surface area contributed by atoms with Crippen molar-refractivity contribution < 1.29 is 22.8 Å². The van der Waals surface area contributed by atoms with E-state index in [4.69, 9.17) is 0 Å². The van der Waals surface area contributed by atoms with E-state index < -0.39 is 41.4 Å². The molecule has 0 radical (unpaired) electrons. The van der Waals surface area contributed by atoms with Gasteiger partial charge in [-0.2, -0.15) is 0 Å². The van der Waals surface area contributed by atoms with Gasteiger partial charge in [0.25, 0.3) is 5.91 Å². The normalized spacial score (nSPS) is 10.2. The number of pyridine rings is 1. The van der Waals surface area contributed by atoms with Gasteiger partial charge in [0.1, 0.15) is 0 Å². The number of carbonyl (C=O) groups excluding carboxylic acids is 2. The highest BCUT2D eigenvalue weighted by molar-refractivity contribution is 5.96. The Morgan fingerprint density at radius 3 is 2.52 bits per heavy atom. The lowest BCUT2D eigenvalue weighted by molar-refractivity contribution is -0.120. The van der Waals surface area contributed by atoms with Gasteiger partial charge in [-0.1, -0.05) is 6.07 Å². The molecule has 0 atom stereocenters. The maximum absolute atomic E-state index is 13.4. The van der Waals surface area contributed by atoms with Gasteiger partial charge in [0, 0.05) is 18.9 Å². The summed E-state index contributed by atoms with van der Waals surface area (Å²) in [6, 6.07) is 4.89. The van der Waals surface area contributed by atoms with Crippen LogP contribution in [-0.4, -0.2) is 23.3 Å². The predicted molar refractivity (Wildman–Crippen MR) is 74.7 cm³/mol. The largest absolute Gasteiger partial charge is 0.350 e. The summed E-state index contributed by atoms with van der Waals surface area (Å²) < 4.78 is 39.2. The number of carbonyl (C=O) groups is 2. The Kier molecular flexibility index (Phi) is 5.29. The number of aromatic nitrogens is 1. The number of benzene rings is 1. The number of halogens is 3. The van der Waals surface area contributed by atoms with Crippen molar-refractivity contribution in [2.45, 2.75) is 6.54 Å². The van der Waals surface area contributed by atoms with Crippen molar-refractivity contribution in [2.75, 3.05) is 6.54 Å². The van der Waals surface area contributed by atoms with Crippen LogP contribution in [0.1, 0.15) is 15.9 Å². The van der Waals surface area contributed by atoms with Crippen LogP contribution in [0, 0.1) is 17.5 Å². The molecular weight excluding hydrogens is 311 g/mol. The molecule has 0 aliphatic rings. The minimum atomic E-state index is -1.74. The molecule has 0 fully saturated rings. The molecule has 1 aromatic carbocycles. The summed E-state index contributed by atoms with van der Waals surface area (Å²) in [5.74, 6) is -6.27. The highest BCUT2D eigenvalue weighted by Gasteiger charge is 2.19. The fraction of sp³-hybridized carbons (Fsp3) is 0.133. The number of nitrogens with one attached hydrogen (secondary N) is 2. The maximum atomic E-state index is 13.4. The minimum absolute atomic E-state index is 0.210. The molecule has 8 heteroatoms. The third-order valence-electron chi connectivity index (χ3n) is 2.90. The number of hydrogen-bond donors (Lipinski definition) is 2. The molecule has 0 bridgehead atoms. The molecule has 0 aliphatic heterocycles. The van der Waals surface area contributed by atoms with Crippen LogP contribution in [0.4, 0.5) is 13.2 Å². The summed E-state index contributed by atoms with van der Waals surface area (Å²) in [4.78, 5) is 27.1. The Morgan fingerprint density at radius 1 is 1.04 bits per heavy atom. The Morgan fingerprint density at radius 2 is 1.83 bits per heavy atom. The lowest BCUT2D eigenvalue weighted by Crippen LogP contribution is -2.37. The van der Waals surface area contributed by atoms with Gasteiger partial charge in [0.05, 0.1) is 12.1 Å².